The highest BCUT2D eigenvalue weighted by atomic mass is 32.2. The number of nitrogens with two attached hydrogens (primary N) is 1. The van der Waals surface area contributed by atoms with Crippen LogP contribution in [0.1, 0.15) is 24.2 Å². The molecule has 2 heterocycles. The van der Waals surface area contributed by atoms with E-state index in [2.05, 4.69) is 29.9 Å². The molecule has 1 aliphatic rings. The van der Waals surface area contributed by atoms with Gasteiger partial charge in [-0.05, 0) is 44.0 Å². The summed E-state index contributed by atoms with van der Waals surface area (Å²) < 4.78 is 27.9. The Hall–Kier alpha value is -3.08. The fourth-order valence-electron chi connectivity index (χ4n) is 3.63. The number of benzene rings is 2. The third-order valence-electron chi connectivity index (χ3n) is 5.33. The Balaban J connectivity index is 1.34. The molecule has 1 aliphatic heterocycles. The van der Waals surface area contributed by atoms with Crippen molar-refractivity contribution in [2.45, 2.75) is 37.2 Å². The van der Waals surface area contributed by atoms with Crippen LogP contribution in [0.4, 0.5) is 17.6 Å². The van der Waals surface area contributed by atoms with Crippen LogP contribution in [0, 0.1) is 6.92 Å². The first-order valence-corrected chi connectivity index (χ1v) is 12.0. The lowest BCUT2D eigenvalue weighted by Gasteiger charge is -2.31. The Kier molecular flexibility index (Phi) is 6.63. The fraction of sp³-hybridized carbons (Fsp3) is 0.318. The summed E-state index contributed by atoms with van der Waals surface area (Å²) in [5, 5.41) is 3.16. The number of aryl methyl sites for hydroxylation is 1. The van der Waals surface area contributed by atoms with Gasteiger partial charge in [-0.3, -0.25) is 4.90 Å². The van der Waals surface area contributed by atoms with Crippen LogP contribution >= 0.6 is 0 Å². The van der Waals surface area contributed by atoms with Crippen molar-refractivity contribution in [3.8, 4) is 0 Å². The predicted octanol–water partition coefficient (Wildman–Crippen LogP) is 2.45. The molecule has 1 fully saturated rings. The number of anilines is 3. The second-order valence-electron chi connectivity index (χ2n) is 7.91. The summed E-state index contributed by atoms with van der Waals surface area (Å²) in [5.74, 6) is 1.15. The van der Waals surface area contributed by atoms with E-state index >= 15 is 0 Å². The summed E-state index contributed by atoms with van der Waals surface area (Å²) in [6.07, 6.45) is 1.42. The van der Waals surface area contributed by atoms with Gasteiger partial charge in [-0.1, -0.05) is 35.9 Å². The molecule has 32 heavy (non-hydrogen) atoms. The minimum atomic E-state index is -3.51. The highest BCUT2D eigenvalue weighted by Crippen LogP contribution is 2.18. The van der Waals surface area contributed by atoms with Gasteiger partial charge in [-0.2, -0.15) is 15.0 Å². The van der Waals surface area contributed by atoms with Gasteiger partial charge in [0, 0.05) is 24.8 Å². The third kappa shape index (κ3) is 5.78. The first-order valence-electron chi connectivity index (χ1n) is 10.5. The molecular formula is C22H27N7O2S. The molecule has 0 bridgehead atoms. The number of rotatable bonds is 7. The number of sulfonamides is 1. The van der Waals surface area contributed by atoms with Gasteiger partial charge in [0.15, 0.2) is 0 Å². The van der Waals surface area contributed by atoms with Crippen molar-refractivity contribution in [2.24, 2.45) is 0 Å². The molecule has 0 aliphatic carbocycles. The molecule has 0 spiro atoms. The molecular weight excluding hydrogens is 426 g/mol. The molecule has 1 aromatic heterocycles. The van der Waals surface area contributed by atoms with Crippen molar-refractivity contribution < 1.29 is 8.42 Å². The zero-order chi connectivity index (χ0) is 22.6. The smallest absolute Gasteiger partial charge is 0.240 e. The molecule has 0 saturated carbocycles. The summed E-state index contributed by atoms with van der Waals surface area (Å²) in [5.41, 5.74) is 7.93. The standard InChI is InChI=1S/C22H27N7O2S/c1-16-7-9-17(10-8-16)24-22-26-20(25-21(23)27-22)15-29-13-11-18(12-14-29)28-32(30,31)19-5-3-2-4-6-19/h2-10,18,28H,11-15H2,1H3,(H3,23,24,25,26,27). The van der Waals surface area contributed by atoms with Crippen molar-refractivity contribution in [2.75, 3.05) is 24.1 Å². The SMILES string of the molecule is Cc1ccc(Nc2nc(N)nc(CN3CCC(NS(=O)(=O)c4ccccc4)CC3)n2)cc1. The predicted molar refractivity (Wildman–Crippen MR) is 124 cm³/mol. The van der Waals surface area contributed by atoms with E-state index in [-0.39, 0.29) is 16.9 Å². The van der Waals surface area contributed by atoms with Crippen LogP contribution in [0.15, 0.2) is 59.5 Å². The molecule has 4 rings (SSSR count). The Morgan fingerprint density at radius 3 is 2.38 bits per heavy atom. The first kappa shape index (κ1) is 22.1. The number of nitrogens with zero attached hydrogens (tertiary/aromatic N) is 4. The summed E-state index contributed by atoms with van der Waals surface area (Å²) in [6.45, 7) is 4.01. The monoisotopic (exact) mass is 453 g/mol. The molecule has 0 unspecified atom stereocenters. The van der Waals surface area contributed by atoms with Crippen molar-refractivity contribution in [1.82, 2.24) is 24.6 Å². The van der Waals surface area contributed by atoms with E-state index in [4.69, 9.17) is 5.73 Å². The average Bonchev–Trinajstić information content (AvgIpc) is 2.77. The lowest BCUT2D eigenvalue weighted by molar-refractivity contribution is 0.195. The van der Waals surface area contributed by atoms with Gasteiger partial charge < -0.3 is 11.1 Å². The van der Waals surface area contributed by atoms with Crippen LogP contribution in [0.3, 0.4) is 0 Å². The van der Waals surface area contributed by atoms with E-state index in [0.717, 1.165) is 18.8 Å². The second kappa shape index (κ2) is 9.60. The summed E-state index contributed by atoms with van der Waals surface area (Å²) in [4.78, 5) is 15.4. The number of aromatic nitrogens is 3. The number of hydrogen-bond acceptors (Lipinski definition) is 8. The number of nitrogens with one attached hydrogen (secondary N) is 2. The maximum Gasteiger partial charge on any atom is 0.240 e. The molecule has 0 atom stereocenters. The molecule has 10 heteroatoms. The van der Waals surface area contributed by atoms with E-state index in [9.17, 15) is 8.42 Å². The van der Waals surface area contributed by atoms with Crippen LogP contribution in [-0.4, -0.2) is 47.4 Å². The molecule has 9 nitrogen and oxygen atoms in total. The van der Waals surface area contributed by atoms with E-state index in [1.54, 1.807) is 30.3 Å². The van der Waals surface area contributed by atoms with Crippen LogP contribution in [0.25, 0.3) is 0 Å². The Morgan fingerprint density at radius 2 is 1.69 bits per heavy atom. The lowest BCUT2D eigenvalue weighted by atomic mass is 10.1. The summed E-state index contributed by atoms with van der Waals surface area (Å²) >= 11 is 0. The average molecular weight is 454 g/mol. The summed E-state index contributed by atoms with van der Waals surface area (Å²) in [7, 11) is -3.51. The molecule has 168 valence electrons. The van der Waals surface area contributed by atoms with Gasteiger partial charge in [0.2, 0.25) is 21.9 Å². The first-order chi connectivity index (χ1) is 15.4. The highest BCUT2D eigenvalue weighted by Gasteiger charge is 2.25. The quantitative estimate of drug-likeness (QED) is 0.498. The van der Waals surface area contributed by atoms with Crippen LogP contribution in [0.5, 0.6) is 0 Å². The number of nitrogen functional groups attached to an aromatic ring is 1. The van der Waals surface area contributed by atoms with Gasteiger partial charge in [0.05, 0.1) is 11.4 Å². The van der Waals surface area contributed by atoms with Gasteiger partial charge in [-0.25, -0.2) is 13.1 Å². The molecule has 0 amide bonds. The van der Waals surface area contributed by atoms with Crippen LogP contribution < -0.4 is 15.8 Å². The molecule has 2 aromatic carbocycles. The third-order valence-corrected chi connectivity index (χ3v) is 6.87. The Labute approximate surface area is 188 Å². The van der Waals surface area contributed by atoms with Crippen LogP contribution in [0.2, 0.25) is 0 Å². The molecule has 1 saturated heterocycles. The van der Waals surface area contributed by atoms with Gasteiger partial charge >= 0.3 is 0 Å². The van der Waals surface area contributed by atoms with Crippen molar-refractivity contribution >= 4 is 27.6 Å². The maximum atomic E-state index is 12.5. The fourth-order valence-corrected chi connectivity index (χ4v) is 4.95. The van der Waals surface area contributed by atoms with Gasteiger partial charge in [0.25, 0.3) is 0 Å². The summed E-state index contributed by atoms with van der Waals surface area (Å²) in [6, 6.07) is 16.3. The molecule has 4 N–H and O–H groups in total. The Morgan fingerprint density at radius 1 is 1.00 bits per heavy atom. The molecule has 0 radical (unpaired) electrons. The van der Waals surface area contributed by atoms with E-state index in [0.29, 0.717) is 31.2 Å². The molecule has 3 aromatic rings. The zero-order valence-electron chi connectivity index (χ0n) is 17.9. The van der Waals surface area contributed by atoms with Gasteiger partial charge in [-0.15, -0.1) is 0 Å². The lowest BCUT2D eigenvalue weighted by Crippen LogP contribution is -2.44. The number of hydrogen-bond donors (Lipinski definition) is 3. The van der Waals surface area contributed by atoms with E-state index in [1.165, 1.54) is 5.56 Å². The van der Waals surface area contributed by atoms with Gasteiger partial charge in [0.1, 0.15) is 5.82 Å². The minimum absolute atomic E-state index is 0.0985. The van der Waals surface area contributed by atoms with Crippen molar-refractivity contribution in [3.05, 3.63) is 66.0 Å². The number of piperidine rings is 1. The van der Waals surface area contributed by atoms with E-state index < -0.39 is 10.0 Å². The minimum Gasteiger partial charge on any atom is -0.368 e. The largest absolute Gasteiger partial charge is 0.368 e. The maximum absolute atomic E-state index is 12.5. The topological polar surface area (TPSA) is 126 Å². The van der Waals surface area contributed by atoms with Crippen molar-refractivity contribution in [3.63, 3.8) is 0 Å². The van der Waals surface area contributed by atoms with E-state index in [1.807, 2.05) is 31.2 Å². The number of likely N-dealkylation sites (tertiary alicyclic amines) is 1. The second-order valence-corrected chi connectivity index (χ2v) is 9.62. The zero-order valence-corrected chi connectivity index (χ0v) is 18.7. The normalized spacial score (nSPS) is 15.5. The van der Waals surface area contributed by atoms with Crippen molar-refractivity contribution in [1.29, 1.82) is 0 Å². The Bertz CT molecular complexity index is 1150. The van der Waals surface area contributed by atoms with Crippen LogP contribution in [-0.2, 0) is 16.6 Å². The highest BCUT2D eigenvalue weighted by molar-refractivity contribution is 7.89.